The maximum atomic E-state index is 13.2. The second-order valence-corrected chi connectivity index (χ2v) is 8.36. The third-order valence-electron chi connectivity index (χ3n) is 4.93. The molecule has 33 heavy (non-hydrogen) atoms. The van der Waals surface area contributed by atoms with Crippen molar-refractivity contribution in [3.05, 3.63) is 95.1 Å². The fourth-order valence-electron chi connectivity index (χ4n) is 3.38. The van der Waals surface area contributed by atoms with Crippen molar-refractivity contribution in [2.24, 2.45) is 0 Å². The van der Waals surface area contributed by atoms with Gasteiger partial charge in [0.15, 0.2) is 0 Å². The van der Waals surface area contributed by atoms with E-state index in [1.807, 2.05) is 17.7 Å². The molecule has 2 aromatic carbocycles. The maximum Gasteiger partial charge on any atom is 0.265 e. The van der Waals surface area contributed by atoms with Gasteiger partial charge in [-0.1, -0.05) is 18.2 Å². The van der Waals surface area contributed by atoms with Crippen molar-refractivity contribution < 1.29 is 13.9 Å². The number of benzene rings is 2. The molecule has 0 spiro atoms. The molecule has 0 bridgehead atoms. The highest BCUT2D eigenvalue weighted by atomic mass is 32.1. The van der Waals surface area contributed by atoms with Gasteiger partial charge in [-0.25, -0.2) is 9.37 Å². The van der Waals surface area contributed by atoms with Gasteiger partial charge in [-0.3, -0.25) is 14.5 Å². The predicted octanol–water partition coefficient (Wildman–Crippen LogP) is 5.43. The summed E-state index contributed by atoms with van der Waals surface area (Å²) in [6, 6.07) is 15.2. The lowest BCUT2D eigenvalue weighted by Gasteiger charge is -2.07. The van der Waals surface area contributed by atoms with Gasteiger partial charge in [0.1, 0.15) is 16.4 Å². The molecular formula is C24H18FN5O2S. The summed E-state index contributed by atoms with van der Waals surface area (Å²) in [5.74, 6) is 0.407. The average Bonchev–Trinajstić information content (AvgIpc) is 3.38. The Morgan fingerprint density at radius 2 is 2.00 bits per heavy atom. The number of halogens is 1. The van der Waals surface area contributed by atoms with Gasteiger partial charge in [0.25, 0.3) is 5.91 Å². The Morgan fingerprint density at radius 3 is 2.79 bits per heavy atom. The molecule has 0 saturated carbocycles. The van der Waals surface area contributed by atoms with Crippen LogP contribution in [-0.2, 0) is 6.54 Å². The van der Waals surface area contributed by atoms with Gasteiger partial charge < -0.3 is 10.1 Å². The van der Waals surface area contributed by atoms with Gasteiger partial charge in [-0.05, 0) is 42.8 Å². The predicted molar refractivity (Wildman–Crippen MR) is 124 cm³/mol. The normalized spacial score (nSPS) is 11.0. The van der Waals surface area contributed by atoms with Gasteiger partial charge in [-0.2, -0.15) is 5.10 Å². The SMILES string of the molecule is Cc1nn(Cc2ccc(F)cc2)c2sc(C(=O)Nc3cccc(Oc4cnccn4)c3)cc12. The number of hydrogen-bond donors (Lipinski definition) is 1. The topological polar surface area (TPSA) is 81.9 Å². The minimum atomic E-state index is -0.276. The Labute approximate surface area is 192 Å². The molecule has 3 heterocycles. The van der Waals surface area contributed by atoms with E-state index in [9.17, 15) is 9.18 Å². The lowest BCUT2D eigenvalue weighted by atomic mass is 10.2. The molecule has 0 unspecified atom stereocenters. The Bertz CT molecular complexity index is 1430. The minimum absolute atomic E-state index is 0.222. The molecule has 0 radical (unpaired) electrons. The van der Waals surface area contributed by atoms with E-state index in [-0.39, 0.29) is 11.7 Å². The second-order valence-electron chi connectivity index (χ2n) is 7.33. The van der Waals surface area contributed by atoms with Crippen LogP contribution in [0.25, 0.3) is 10.2 Å². The third-order valence-corrected chi connectivity index (χ3v) is 6.08. The summed E-state index contributed by atoms with van der Waals surface area (Å²) >= 11 is 1.37. The Kier molecular flexibility index (Phi) is 5.54. The van der Waals surface area contributed by atoms with Crippen LogP contribution in [0.2, 0.25) is 0 Å². The van der Waals surface area contributed by atoms with E-state index in [0.29, 0.717) is 28.7 Å². The van der Waals surface area contributed by atoms with Crippen molar-refractivity contribution in [2.75, 3.05) is 5.32 Å². The summed E-state index contributed by atoms with van der Waals surface area (Å²) in [6.07, 6.45) is 4.62. The molecule has 164 valence electrons. The summed E-state index contributed by atoms with van der Waals surface area (Å²) in [4.78, 5) is 22.4. The Morgan fingerprint density at radius 1 is 1.15 bits per heavy atom. The molecule has 0 saturated heterocycles. The van der Waals surface area contributed by atoms with Crippen molar-refractivity contribution in [1.29, 1.82) is 0 Å². The molecule has 0 aliphatic heterocycles. The summed E-state index contributed by atoms with van der Waals surface area (Å²) in [5.41, 5.74) is 2.37. The zero-order valence-electron chi connectivity index (χ0n) is 17.5. The summed E-state index contributed by atoms with van der Waals surface area (Å²) in [6.45, 7) is 2.40. The largest absolute Gasteiger partial charge is 0.437 e. The Balaban J connectivity index is 1.35. The fourth-order valence-corrected chi connectivity index (χ4v) is 4.44. The number of nitrogens with one attached hydrogen (secondary N) is 1. The molecule has 0 atom stereocenters. The summed E-state index contributed by atoms with van der Waals surface area (Å²) in [5, 5.41) is 8.41. The molecule has 3 aromatic heterocycles. The number of hydrogen-bond acceptors (Lipinski definition) is 6. The molecular weight excluding hydrogens is 441 g/mol. The van der Waals surface area contributed by atoms with E-state index in [4.69, 9.17) is 4.74 Å². The van der Waals surface area contributed by atoms with E-state index >= 15 is 0 Å². The fraction of sp³-hybridized carbons (Fsp3) is 0.0833. The lowest BCUT2D eigenvalue weighted by Crippen LogP contribution is -2.10. The van der Waals surface area contributed by atoms with Crippen molar-refractivity contribution in [3.8, 4) is 11.6 Å². The number of ether oxygens (including phenoxy) is 1. The van der Waals surface area contributed by atoms with Gasteiger partial charge >= 0.3 is 0 Å². The molecule has 0 aliphatic carbocycles. The standard InChI is InChI=1S/C24H18FN5O2S/c1-15-20-12-21(33-24(20)30(29-15)14-16-5-7-17(25)8-6-16)23(31)28-18-3-2-4-19(11-18)32-22-13-26-9-10-27-22/h2-13H,14H2,1H3,(H,28,31). The van der Waals surface area contributed by atoms with Crippen LogP contribution < -0.4 is 10.1 Å². The van der Waals surface area contributed by atoms with Crippen LogP contribution in [0.3, 0.4) is 0 Å². The zero-order chi connectivity index (χ0) is 22.8. The molecule has 5 aromatic rings. The highest BCUT2D eigenvalue weighted by molar-refractivity contribution is 7.20. The van der Waals surface area contributed by atoms with Crippen molar-refractivity contribution >= 4 is 33.1 Å². The van der Waals surface area contributed by atoms with E-state index in [0.717, 1.165) is 21.5 Å². The number of aromatic nitrogens is 4. The highest BCUT2D eigenvalue weighted by Gasteiger charge is 2.17. The van der Waals surface area contributed by atoms with Crippen LogP contribution in [0.1, 0.15) is 20.9 Å². The maximum absolute atomic E-state index is 13.2. The van der Waals surface area contributed by atoms with Crippen LogP contribution in [0, 0.1) is 12.7 Å². The number of carbonyl (C=O) groups excluding carboxylic acids is 1. The zero-order valence-corrected chi connectivity index (χ0v) is 18.3. The van der Waals surface area contributed by atoms with Gasteiger partial charge in [0.05, 0.1) is 23.3 Å². The molecule has 7 nitrogen and oxygen atoms in total. The number of anilines is 1. The first kappa shape index (κ1) is 20.8. The molecule has 0 aliphatic rings. The highest BCUT2D eigenvalue weighted by Crippen LogP contribution is 2.30. The number of carbonyl (C=O) groups is 1. The van der Waals surface area contributed by atoms with Gasteiger partial charge in [0, 0.05) is 29.5 Å². The molecule has 1 amide bonds. The first-order chi connectivity index (χ1) is 16.0. The first-order valence-corrected chi connectivity index (χ1v) is 10.9. The quantitative estimate of drug-likeness (QED) is 0.366. The van der Waals surface area contributed by atoms with Crippen LogP contribution in [0.4, 0.5) is 10.1 Å². The van der Waals surface area contributed by atoms with Crippen molar-refractivity contribution in [3.63, 3.8) is 0 Å². The smallest absolute Gasteiger partial charge is 0.265 e. The molecule has 0 fully saturated rings. The second kappa shape index (κ2) is 8.79. The number of rotatable bonds is 6. The number of amides is 1. The summed E-state index contributed by atoms with van der Waals surface area (Å²) < 4.78 is 20.7. The number of aryl methyl sites for hydroxylation is 1. The number of fused-ring (bicyclic) bond motifs is 1. The molecule has 5 rings (SSSR count). The average molecular weight is 460 g/mol. The van der Waals surface area contributed by atoms with Gasteiger partial charge in [0.2, 0.25) is 5.88 Å². The summed E-state index contributed by atoms with van der Waals surface area (Å²) in [7, 11) is 0. The Hall–Kier alpha value is -4.11. The van der Waals surface area contributed by atoms with Crippen LogP contribution in [-0.4, -0.2) is 25.7 Å². The van der Waals surface area contributed by atoms with E-state index in [1.54, 1.807) is 48.8 Å². The van der Waals surface area contributed by atoms with Crippen LogP contribution in [0.5, 0.6) is 11.6 Å². The monoisotopic (exact) mass is 459 g/mol. The van der Waals surface area contributed by atoms with E-state index < -0.39 is 0 Å². The number of nitrogens with zero attached hydrogens (tertiary/aromatic N) is 4. The van der Waals surface area contributed by atoms with Gasteiger partial charge in [-0.15, -0.1) is 11.3 Å². The van der Waals surface area contributed by atoms with E-state index in [1.165, 1.54) is 29.7 Å². The van der Waals surface area contributed by atoms with Crippen LogP contribution >= 0.6 is 11.3 Å². The number of thiophene rings is 1. The van der Waals surface area contributed by atoms with E-state index in [2.05, 4.69) is 20.4 Å². The van der Waals surface area contributed by atoms with Crippen LogP contribution in [0.15, 0.2) is 73.2 Å². The lowest BCUT2D eigenvalue weighted by molar-refractivity contribution is 0.103. The first-order valence-electron chi connectivity index (χ1n) is 10.1. The molecule has 1 N–H and O–H groups in total. The third kappa shape index (κ3) is 4.58. The van der Waals surface area contributed by atoms with Crippen molar-refractivity contribution in [2.45, 2.75) is 13.5 Å². The van der Waals surface area contributed by atoms with Crippen molar-refractivity contribution in [1.82, 2.24) is 19.7 Å². The minimum Gasteiger partial charge on any atom is -0.437 e. The molecule has 9 heteroatoms.